The minimum Gasteiger partial charge on any atom is -0.480 e. The van der Waals surface area contributed by atoms with Gasteiger partial charge in [-0.25, -0.2) is 4.79 Å². The maximum Gasteiger partial charge on any atom is 0.323 e. The largest absolute Gasteiger partial charge is 0.480 e. The molecule has 0 saturated heterocycles. The van der Waals surface area contributed by atoms with Gasteiger partial charge in [0.2, 0.25) is 0 Å². The van der Waals surface area contributed by atoms with Gasteiger partial charge in [0.05, 0.1) is 0 Å². The zero-order valence-electron chi connectivity index (χ0n) is 11.5. The van der Waals surface area contributed by atoms with Crippen LogP contribution in [-0.2, 0) is 24.2 Å². The number of amides is 2. The first-order valence-electron chi connectivity index (χ1n) is 6.93. The Morgan fingerprint density at radius 3 is 2.86 bits per heavy atom. The normalized spacial score (nSPS) is 17.4. The van der Waals surface area contributed by atoms with Gasteiger partial charge in [-0.1, -0.05) is 18.2 Å². The van der Waals surface area contributed by atoms with Crippen LogP contribution in [0.3, 0.4) is 0 Å². The van der Waals surface area contributed by atoms with Crippen LogP contribution in [0.2, 0.25) is 0 Å². The highest BCUT2D eigenvalue weighted by Crippen LogP contribution is 2.32. The summed E-state index contributed by atoms with van der Waals surface area (Å²) in [7, 11) is 0. The van der Waals surface area contributed by atoms with Gasteiger partial charge in [-0.05, 0) is 30.9 Å². The average molecular weight is 287 g/mol. The van der Waals surface area contributed by atoms with Crippen molar-refractivity contribution >= 4 is 22.9 Å². The second-order valence-electron chi connectivity index (χ2n) is 5.37. The third-order valence-electron chi connectivity index (χ3n) is 4.01. The zero-order valence-corrected chi connectivity index (χ0v) is 11.5. The fourth-order valence-electron chi connectivity index (χ4n) is 3.24. The van der Waals surface area contributed by atoms with Crippen molar-refractivity contribution in [1.82, 2.24) is 9.88 Å². The SMILES string of the molecule is NC(=O)NC1CCc2c(c3ccccc3n2CC(=O)O)C1. The Labute approximate surface area is 121 Å². The number of carbonyl (C=O) groups excluding carboxylic acids is 1. The highest BCUT2D eigenvalue weighted by Gasteiger charge is 2.26. The topological polar surface area (TPSA) is 97.4 Å². The van der Waals surface area contributed by atoms with Crippen LogP contribution in [0.15, 0.2) is 24.3 Å². The lowest BCUT2D eigenvalue weighted by Crippen LogP contribution is -2.41. The summed E-state index contributed by atoms with van der Waals surface area (Å²) < 4.78 is 1.87. The molecule has 0 fully saturated rings. The number of urea groups is 1. The van der Waals surface area contributed by atoms with Crippen LogP contribution < -0.4 is 11.1 Å². The molecule has 2 aromatic rings. The third-order valence-corrected chi connectivity index (χ3v) is 4.01. The lowest BCUT2D eigenvalue weighted by Gasteiger charge is -2.24. The van der Waals surface area contributed by atoms with E-state index in [0.29, 0.717) is 6.42 Å². The van der Waals surface area contributed by atoms with Crippen molar-refractivity contribution < 1.29 is 14.7 Å². The van der Waals surface area contributed by atoms with Crippen LogP contribution in [0.4, 0.5) is 4.79 Å². The molecule has 1 aliphatic carbocycles. The van der Waals surface area contributed by atoms with Crippen LogP contribution in [0.5, 0.6) is 0 Å². The second-order valence-corrected chi connectivity index (χ2v) is 5.37. The Morgan fingerprint density at radius 1 is 1.38 bits per heavy atom. The molecular weight excluding hydrogens is 270 g/mol. The Hall–Kier alpha value is -2.50. The summed E-state index contributed by atoms with van der Waals surface area (Å²) in [5.74, 6) is -0.851. The summed E-state index contributed by atoms with van der Waals surface area (Å²) >= 11 is 0. The van der Waals surface area contributed by atoms with Crippen LogP contribution >= 0.6 is 0 Å². The van der Waals surface area contributed by atoms with Gasteiger partial charge in [0.15, 0.2) is 0 Å². The molecular formula is C15H17N3O3. The Balaban J connectivity index is 2.06. The predicted molar refractivity (Wildman–Crippen MR) is 78.1 cm³/mol. The van der Waals surface area contributed by atoms with Gasteiger partial charge in [0.1, 0.15) is 6.54 Å². The van der Waals surface area contributed by atoms with E-state index in [0.717, 1.165) is 35.0 Å². The van der Waals surface area contributed by atoms with E-state index in [-0.39, 0.29) is 12.6 Å². The van der Waals surface area contributed by atoms with E-state index < -0.39 is 12.0 Å². The van der Waals surface area contributed by atoms with E-state index >= 15 is 0 Å². The van der Waals surface area contributed by atoms with Gasteiger partial charge in [0.25, 0.3) is 0 Å². The molecule has 0 saturated carbocycles. The van der Waals surface area contributed by atoms with Crippen LogP contribution in [0, 0.1) is 0 Å². The van der Waals surface area contributed by atoms with E-state index in [9.17, 15) is 9.59 Å². The Bertz CT molecular complexity index is 720. The number of carbonyl (C=O) groups is 2. The van der Waals surface area contributed by atoms with Gasteiger partial charge < -0.3 is 20.7 Å². The number of carboxylic acid groups (broad SMARTS) is 1. The van der Waals surface area contributed by atoms with Gasteiger partial charge in [-0.15, -0.1) is 0 Å². The van der Waals surface area contributed by atoms with E-state index in [2.05, 4.69) is 5.32 Å². The quantitative estimate of drug-likeness (QED) is 0.792. The van der Waals surface area contributed by atoms with Crippen LogP contribution in [0.1, 0.15) is 17.7 Å². The molecule has 1 aromatic carbocycles. The smallest absolute Gasteiger partial charge is 0.323 e. The molecule has 2 amide bonds. The molecule has 6 nitrogen and oxygen atoms in total. The van der Waals surface area contributed by atoms with Crippen molar-refractivity contribution in [3.05, 3.63) is 35.5 Å². The van der Waals surface area contributed by atoms with Gasteiger partial charge in [-0.3, -0.25) is 4.79 Å². The minimum atomic E-state index is -0.851. The molecule has 0 bridgehead atoms. The van der Waals surface area contributed by atoms with E-state index in [1.165, 1.54) is 0 Å². The van der Waals surface area contributed by atoms with Crippen molar-refractivity contribution in [2.24, 2.45) is 5.73 Å². The summed E-state index contributed by atoms with van der Waals surface area (Å²) in [5, 5.41) is 12.9. The van der Waals surface area contributed by atoms with Crippen LogP contribution in [0.25, 0.3) is 10.9 Å². The fourth-order valence-corrected chi connectivity index (χ4v) is 3.24. The molecule has 1 atom stereocenters. The first kappa shape index (κ1) is 13.5. The molecule has 0 radical (unpaired) electrons. The number of hydrogen-bond acceptors (Lipinski definition) is 2. The summed E-state index contributed by atoms with van der Waals surface area (Å²) in [5.41, 5.74) is 8.31. The van der Waals surface area contributed by atoms with Crippen LogP contribution in [-0.4, -0.2) is 27.7 Å². The predicted octanol–water partition coefficient (Wildman–Crippen LogP) is 1.25. The lowest BCUT2D eigenvalue weighted by molar-refractivity contribution is -0.137. The van der Waals surface area contributed by atoms with Crippen molar-refractivity contribution in [3.63, 3.8) is 0 Å². The molecule has 21 heavy (non-hydrogen) atoms. The average Bonchev–Trinajstić information content (AvgIpc) is 2.72. The number of primary amides is 1. The number of aliphatic carboxylic acids is 1. The number of benzene rings is 1. The number of nitrogens with one attached hydrogen (secondary N) is 1. The second kappa shape index (κ2) is 5.12. The molecule has 4 N–H and O–H groups in total. The van der Waals surface area contributed by atoms with E-state index in [1.54, 1.807) is 0 Å². The fraction of sp³-hybridized carbons (Fsp3) is 0.333. The zero-order chi connectivity index (χ0) is 15.0. The van der Waals surface area contributed by atoms with Crippen molar-refractivity contribution in [2.75, 3.05) is 0 Å². The summed E-state index contributed by atoms with van der Waals surface area (Å²) in [6.45, 7) is -0.0379. The number of aromatic nitrogens is 1. The summed E-state index contributed by atoms with van der Waals surface area (Å²) in [4.78, 5) is 22.1. The molecule has 0 aliphatic heterocycles. The molecule has 1 heterocycles. The number of nitrogens with zero attached hydrogens (tertiary/aromatic N) is 1. The molecule has 1 unspecified atom stereocenters. The third kappa shape index (κ3) is 2.44. The molecule has 110 valence electrons. The number of carboxylic acids is 1. The number of nitrogens with two attached hydrogens (primary N) is 1. The monoisotopic (exact) mass is 287 g/mol. The summed E-state index contributed by atoms with van der Waals surface area (Å²) in [6, 6.07) is 7.29. The lowest BCUT2D eigenvalue weighted by atomic mass is 9.91. The number of para-hydroxylation sites is 1. The molecule has 1 aliphatic rings. The van der Waals surface area contributed by atoms with Gasteiger partial charge >= 0.3 is 12.0 Å². The van der Waals surface area contributed by atoms with Crippen molar-refractivity contribution in [2.45, 2.75) is 31.8 Å². The molecule has 6 heteroatoms. The Morgan fingerprint density at radius 2 is 2.14 bits per heavy atom. The first-order chi connectivity index (χ1) is 10.1. The first-order valence-corrected chi connectivity index (χ1v) is 6.93. The van der Waals surface area contributed by atoms with E-state index in [4.69, 9.17) is 10.8 Å². The molecule has 0 spiro atoms. The number of hydrogen-bond donors (Lipinski definition) is 3. The highest BCUT2D eigenvalue weighted by atomic mass is 16.4. The standard InChI is InChI=1S/C15H17N3O3/c16-15(21)17-9-5-6-13-11(7-9)10-3-1-2-4-12(10)18(13)8-14(19)20/h1-4,9H,5-8H2,(H,19,20)(H3,16,17,21). The summed E-state index contributed by atoms with van der Waals surface area (Å²) in [6.07, 6.45) is 2.19. The Kier molecular flexibility index (Phi) is 3.29. The molecule has 1 aromatic heterocycles. The van der Waals surface area contributed by atoms with Gasteiger partial charge in [-0.2, -0.15) is 0 Å². The number of fused-ring (bicyclic) bond motifs is 3. The van der Waals surface area contributed by atoms with Crippen molar-refractivity contribution in [1.29, 1.82) is 0 Å². The van der Waals surface area contributed by atoms with Crippen molar-refractivity contribution in [3.8, 4) is 0 Å². The van der Waals surface area contributed by atoms with Gasteiger partial charge in [0, 0.05) is 22.6 Å². The number of rotatable bonds is 3. The molecule has 3 rings (SSSR count). The van der Waals surface area contributed by atoms with E-state index in [1.807, 2.05) is 28.8 Å². The minimum absolute atomic E-state index is 0.0130. The highest BCUT2D eigenvalue weighted by molar-refractivity contribution is 5.87. The maximum atomic E-state index is 11.1. The maximum absolute atomic E-state index is 11.1.